The first-order valence-electron chi connectivity index (χ1n) is 13.6. The zero-order valence-electron chi connectivity index (χ0n) is 24.0. The number of carbonyl (C=O) groups excluding carboxylic acids is 4. The highest BCUT2D eigenvalue weighted by Gasteiger charge is 2.30. The highest BCUT2D eigenvalue weighted by atomic mass is 16.4. The molecule has 0 radical (unpaired) electrons. The standard InChI is InChI=1S/C23H46N14O6/c24-12(4-1-9-32-21(26)27)17(39)35-14(7-8-16(25)38)19(41)36-13(5-2-10-33-22(28)29)18(40)37-15(20(42)43)6-3-11-34-23(30)31/h12-15H,1-11,24H2,(H2,25,38)(H,35,39)(H,36,41)(H,37,40)(H,42,43)(H4,26,27,32)(H4,28,29,33)(H4,30,31,34)/t12-,13-,14-,15-/m0/s1. The summed E-state index contributed by atoms with van der Waals surface area (Å²) in [6.45, 7) is 0.660. The molecule has 20 heteroatoms. The van der Waals surface area contributed by atoms with Gasteiger partial charge in [-0.3, -0.25) is 35.4 Å². The maximum Gasteiger partial charge on any atom is 0.326 e. The molecule has 0 saturated carbocycles. The van der Waals surface area contributed by atoms with E-state index in [1.807, 2.05) is 0 Å². The Morgan fingerprint density at radius 2 is 0.953 bits per heavy atom. The third-order valence-electron chi connectivity index (χ3n) is 5.87. The first kappa shape index (κ1) is 38.1. The van der Waals surface area contributed by atoms with Gasteiger partial charge < -0.3 is 65.7 Å². The van der Waals surface area contributed by atoms with Crippen LogP contribution in [0.5, 0.6) is 0 Å². The van der Waals surface area contributed by atoms with Crippen LogP contribution in [0.1, 0.15) is 51.4 Å². The molecular formula is C23H46N14O6. The van der Waals surface area contributed by atoms with Crippen LogP contribution in [0, 0.1) is 16.2 Å². The van der Waals surface area contributed by atoms with Gasteiger partial charge in [-0.2, -0.15) is 0 Å². The van der Waals surface area contributed by atoms with Crippen LogP contribution >= 0.6 is 0 Å². The lowest BCUT2D eigenvalue weighted by molar-refractivity contribution is -0.142. The SMILES string of the molecule is N=C(N)NCCC[C@H](NC(=O)[C@H](CCCNC(=N)N)NC(=O)[C@H](CCC(N)=O)NC(=O)[C@@H](N)CCCNC(=N)N)C(=O)O. The summed E-state index contributed by atoms with van der Waals surface area (Å²) in [6.07, 6.45) is 0.567. The molecule has 0 spiro atoms. The van der Waals surface area contributed by atoms with Crippen LogP contribution in [0.25, 0.3) is 0 Å². The number of aliphatic carboxylic acids is 1. The molecule has 0 aromatic heterocycles. The van der Waals surface area contributed by atoms with Crippen molar-refractivity contribution in [2.45, 2.75) is 75.5 Å². The summed E-state index contributed by atoms with van der Waals surface area (Å²) in [7, 11) is 0. The van der Waals surface area contributed by atoms with Crippen molar-refractivity contribution < 1.29 is 29.1 Å². The van der Waals surface area contributed by atoms with E-state index in [9.17, 15) is 29.1 Å². The van der Waals surface area contributed by atoms with E-state index in [1.165, 1.54) is 0 Å². The zero-order chi connectivity index (χ0) is 32.9. The minimum atomic E-state index is -1.32. The molecular weight excluding hydrogens is 568 g/mol. The van der Waals surface area contributed by atoms with Crippen LogP contribution in [0.3, 0.4) is 0 Å². The summed E-state index contributed by atoms with van der Waals surface area (Å²) in [5.74, 6) is -5.26. The minimum Gasteiger partial charge on any atom is -0.480 e. The smallest absolute Gasteiger partial charge is 0.326 e. The molecule has 0 fully saturated rings. The zero-order valence-corrected chi connectivity index (χ0v) is 24.0. The Morgan fingerprint density at radius 3 is 1.37 bits per heavy atom. The molecule has 0 aliphatic rings. The molecule has 0 bridgehead atoms. The van der Waals surface area contributed by atoms with Gasteiger partial charge in [0.25, 0.3) is 0 Å². The number of amides is 4. The summed E-state index contributed by atoms with van der Waals surface area (Å²) in [5.41, 5.74) is 26.8. The molecule has 0 saturated heterocycles. The lowest BCUT2D eigenvalue weighted by atomic mass is 10.0. The maximum atomic E-state index is 13.2. The molecule has 43 heavy (non-hydrogen) atoms. The summed E-state index contributed by atoms with van der Waals surface area (Å²) in [4.78, 5) is 62.2. The summed E-state index contributed by atoms with van der Waals surface area (Å²) in [5, 5.41) is 46.1. The fourth-order valence-electron chi connectivity index (χ4n) is 3.64. The molecule has 0 aromatic carbocycles. The predicted octanol–water partition coefficient (Wildman–Crippen LogP) is -5.09. The Labute approximate surface area is 248 Å². The molecule has 20 nitrogen and oxygen atoms in total. The van der Waals surface area contributed by atoms with Gasteiger partial charge >= 0.3 is 5.97 Å². The normalized spacial score (nSPS) is 13.2. The molecule has 4 atom stereocenters. The average Bonchev–Trinajstić information content (AvgIpc) is 2.91. The topological polar surface area (TPSA) is 379 Å². The van der Waals surface area contributed by atoms with E-state index < -0.39 is 53.8 Å². The number of rotatable bonds is 22. The highest BCUT2D eigenvalue weighted by molar-refractivity contribution is 5.94. The van der Waals surface area contributed by atoms with Crippen LogP contribution in [-0.4, -0.2) is 96.4 Å². The summed E-state index contributed by atoms with van der Waals surface area (Å²) >= 11 is 0. The second-order valence-electron chi connectivity index (χ2n) is 9.58. The second-order valence-corrected chi connectivity index (χ2v) is 9.58. The van der Waals surface area contributed by atoms with Crippen molar-refractivity contribution in [2.24, 2.45) is 28.7 Å². The van der Waals surface area contributed by atoms with Crippen LogP contribution < -0.4 is 60.6 Å². The van der Waals surface area contributed by atoms with E-state index in [0.717, 1.165) is 0 Å². The third-order valence-corrected chi connectivity index (χ3v) is 5.87. The number of nitrogens with two attached hydrogens (primary N) is 5. The van der Waals surface area contributed by atoms with Gasteiger partial charge in [0.1, 0.15) is 18.1 Å². The van der Waals surface area contributed by atoms with Crippen LogP contribution in [0.15, 0.2) is 0 Å². The number of hydrogen-bond acceptors (Lipinski definition) is 9. The number of carbonyl (C=O) groups is 5. The summed E-state index contributed by atoms with van der Waals surface area (Å²) < 4.78 is 0. The quantitative estimate of drug-likeness (QED) is 0.0308. The predicted molar refractivity (Wildman–Crippen MR) is 157 cm³/mol. The number of carboxylic acids is 1. The molecule has 0 aliphatic heterocycles. The molecule has 244 valence electrons. The van der Waals surface area contributed by atoms with Crippen molar-refractivity contribution in [1.82, 2.24) is 31.9 Å². The first-order valence-corrected chi connectivity index (χ1v) is 13.6. The third kappa shape index (κ3) is 19.0. The lowest BCUT2D eigenvalue weighted by Gasteiger charge is -2.25. The van der Waals surface area contributed by atoms with E-state index in [0.29, 0.717) is 13.0 Å². The van der Waals surface area contributed by atoms with Crippen molar-refractivity contribution >= 4 is 47.5 Å². The number of primary amides is 1. The van der Waals surface area contributed by atoms with Gasteiger partial charge in [0.15, 0.2) is 17.9 Å². The molecule has 0 heterocycles. The van der Waals surface area contributed by atoms with Gasteiger partial charge in [-0.05, 0) is 44.9 Å². The van der Waals surface area contributed by atoms with Gasteiger partial charge in [-0.1, -0.05) is 0 Å². The molecule has 0 aromatic rings. The van der Waals surface area contributed by atoms with Crippen molar-refractivity contribution in [2.75, 3.05) is 19.6 Å². The molecule has 0 unspecified atom stereocenters. The highest BCUT2D eigenvalue weighted by Crippen LogP contribution is 2.06. The Hall–Kier alpha value is -4.88. The van der Waals surface area contributed by atoms with E-state index in [4.69, 9.17) is 44.9 Å². The van der Waals surface area contributed by atoms with Gasteiger partial charge in [-0.25, -0.2) is 4.79 Å². The number of carboxylic acid groups (broad SMARTS) is 1. The Morgan fingerprint density at radius 1 is 0.581 bits per heavy atom. The second kappa shape index (κ2) is 20.9. The van der Waals surface area contributed by atoms with Crippen molar-refractivity contribution in [3.63, 3.8) is 0 Å². The van der Waals surface area contributed by atoms with Gasteiger partial charge in [0.05, 0.1) is 6.04 Å². The largest absolute Gasteiger partial charge is 0.480 e. The first-order chi connectivity index (χ1) is 20.1. The average molecular weight is 615 g/mol. The van der Waals surface area contributed by atoms with E-state index >= 15 is 0 Å². The van der Waals surface area contributed by atoms with Gasteiger partial charge in [-0.15, -0.1) is 0 Å². The number of guanidine groups is 3. The van der Waals surface area contributed by atoms with Crippen molar-refractivity contribution in [1.29, 1.82) is 16.2 Å². The van der Waals surface area contributed by atoms with Gasteiger partial charge in [0.2, 0.25) is 23.6 Å². The molecule has 20 N–H and O–H groups in total. The fraction of sp³-hybridized carbons (Fsp3) is 0.652. The monoisotopic (exact) mass is 614 g/mol. The number of nitrogens with one attached hydrogen (secondary N) is 9. The Kier molecular flexibility index (Phi) is 18.5. The Balaban J connectivity index is 5.60. The summed E-state index contributed by atoms with van der Waals surface area (Å²) in [6, 6.07) is -4.93. The van der Waals surface area contributed by atoms with Crippen molar-refractivity contribution in [3.05, 3.63) is 0 Å². The van der Waals surface area contributed by atoms with E-state index in [-0.39, 0.29) is 75.9 Å². The maximum absolute atomic E-state index is 13.2. The van der Waals surface area contributed by atoms with Crippen LogP contribution in [0.2, 0.25) is 0 Å². The van der Waals surface area contributed by atoms with Crippen LogP contribution in [-0.2, 0) is 24.0 Å². The van der Waals surface area contributed by atoms with Crippen LogP contribution in [0.4, 0.5) is 0 Å². The lowest BCUT2D eigenvalue weighted by Crippen LogP contribution is -2.57. The molecule has 0 rings (SSSR count). The van der Waals surface area contributed by atoms with E-state index in [1.54, 1.807) is 0 Å². The Bertz CT molecular complexity index is 994. The van der Waals surface area contributed by atoms with E-state index in [2.05, 4.69) is 31.9 Å². The minimum absolute atomic E-state index is 0.00473. The van der Waals surface area contributed by atoms with Gasteiger partial charge in [0, 0.05) is 26.1 Å². The molecule has 4 amide bonds. The number of hydrogen-bond donors (Lipinski definition) is 15. The van der Waals surface area contributed by atoms with Crippen molar-refractivity contribution in [3.8, 4) is 0 Å². The molecule has 0 aliphatic carbocycles. The fourth-order valence-corrected chi connectivity index (χ4v) is 3.64.